The quantitative estimate of drug-likeness (QED) is 0.765. The Morgan fingerprint density at radius 1 is 1.32 bits per heavy atom. The number of amides is 1. The molecule has 110 valence electrons. The molecule has 1 unspecified atom stereocenters. The van der Waals surface area contributed by atoms with Gasteiger partial charge in [-0.2, -0.15) is 0 Å². The summed E-state index contributed by atoms with van der Waals surface area (Å²) in [5.74, 6) is 0.134. The molecule has 0 N–H and O–H groups in total. The van der Waals surface area contributed by atoms with E-state index in [1.54, 1.807) is 0 Å². The molecule has 1 amide bonds. The average Bonchev–Trinajstić information content (AvgIpc) is 2.18. The molecule has 0 aromatic carbocycles. The molecule has 2 fully saturated rings. The van der Waals surface area contributed by atoms with Crippen molar-refractivity contribution in [2.24, 2.45) is 5.41 Å². The molecule has 4 nitrogen and oxygen atoms in total. The molecule has 0 radical (unpaired) electrons. The number of nitrogens with zero attached hydrogens (tertiary/aromatic N) is 2. The van der Waals surface area contributed by atoms with E-state index in [9.17, 15) is 4.79 Å². The lowest BCUT2D eigenvalue weighted by atomic mass is 9.86. The highest BCUT2D eigenvalue weighted by atomic mass is 16.5. The molecule has 2 rings (SSSR count). The molecule has 0 aliphatic carbocycles. The zero-order chi connectivity index (χ0) is 14.4. The summed E-state index contributed by atoms with van der Waals surface area (Å²) in [6.45, 7) is 16.5. The summed E-state index contributed by atoms with van der Waals surface area (Å²) in [7, 11) is 0. The Bertz CT molecular complexity index is 354. The van der Waals surface area contributed by atoms with Gasteiger partial charge in [-0.3, -0.25) is 9.69 Å². The van der Waals surface area contributed by atoms with Crippen LogP contribution >= 0.6 is 0 Å². The predicted molar refractivity (Wildman–Crippen MR) is 76.0 cm³/mol. The zero-order valence-electron chi connectivity index (χ0n) is 13.2. The van der Waals surface area contributed by atoms with Gasteiger partial charge in [-0.1, -0.05) is 20.8 Å². The highest BCUT2D eigenvalue weighted by molar-refractivity contribution is 5.81. The Balaban J connectivity index is 1.98. The molecule has 0 bridgehead atoms. The Morgan fingerprint density at radius 3 is 2.37 bits per heavy atom. The van der Waals surface area contributed by atoms with E-state index in [1.807, 2.05) is 11.8 Å². The van der Waals surface area contributed by atoms with Crippen LogP contribution in [0.25, 0.3) is 0 Å². The first-order valence-corrected chi connectivity index (χ1v) is 7.33. The van der Waals surface area contributed by atoms with Crippen LogP contribution in [0.2, 0.25) is 0 Å². The van der Waals surface area contributed by atoms with Crippen LogP contribution in [0.1, 0.15) is 41.5 Å². The molecule has 19 heavy (non-hydrogen) atoms. The molecule has 4 heteroatoms. The number of hydrogen-bond acceptors (Lipinski definition) is 3. The van der Waals surface area contributed by atoms with Crippen molar-refractivity contribution < 1.29 is 9.53 Å². The van der Waals surface area contributed by atoms with Crippen LogP contribution in [0.4, 0.5) is 0 Å². The number of likely N-dealkylation sites (tertiary alicyclic amines) is 1. The van der Waals surface area contributed by atoms with Gasteiger partial charge in [0.1, 0.15) is 11.7 Å². The summed E-state index contributed by atoms with van der Waals surface area (Å²) in [4.78, 5) is 16.5. The normalized spacial score (nSPS) is 28.1. The first kappa shape index (κ1) is 14.8. The van der Waals surface area contributed by atoms with E-state index in [1.165, 1.54) is 0 Å². The van der Waals surface area contributed by atoms with Crippen LogP contribution in [-0.4, -0.2) is 59.6 Å². The van der Waals surface area contributed by atoms with Crippen molar-refractivity contribution in [3.63, 3.8) is 0 Å². The van der Waals surface area contributed by atoms with Crippen molar-refractivity contribution in [1.82, 2.24) is 9.80 Å². The average molecular weight is 268 g/mol. The van der Waals surface area contributed by atoms with Crippen molar-refractivity contribution in [2.75, 3.05) is 26.2 Å². The molecular formula is C15H28N2O2. The molecular weight excluding hydrogens is 240 g/mol. The summed E-state index contributed by atoms with van der Waals surface area (Å²) < 4.78 is 6.01. The second-order valence-electron chi connectivity index (χ2n) is 7.71. The number of rotatable bonds is 2. The smallest absolute Gasteiger partial charge is 0.251 e. The number of carbonyl (C=O) groups is 1. The van der Waals surface area contributed by atoms with E-state index in [2.05, 4.69) is 39.5 Å². The standard InChI is InChI=1S/C15H28N2O2/c1-11(2)17-10-15(19-12(3)13(17)18)8-16(9-15)7-14(4,5)6/h11-12H,7-10H2,1-6H3. The van der Waals surface area contributed by atoms with Crippen LogP contribution in [0.5, 0.6) is 0 Å². The van der Waals surface area contributed by atoms with Crippen LogP contribution < -0.4 is 0 Å². The SMILES string of the molecule is CC1OC2(CN(CC(C)(C)C)C2)CN(C(C)C)C1=O. The maximum atomic E-state index is 12.1. The molecule has 2 aliphatic heterocycles. The predicted octanol–water partition coefficient (Wildman–Crippen LogP) is 1.74. The Labute approximate surface area is 117 Å². The number of hydrogen-bond donors (Lipinski definition) is 0. The summed E-state index contributed by atoms with van der Waals surface area (Å²) in [5, 5.41) is 0. The van der Waals surface area contributed by atoms with Crippen LogP contribution in [0.15, 0.2) is 0 Å². The fourth-order valence-electron chi connectivity index (χ4n) is 3.25. The van der Waals surface area contributed by atoms with Crippen molar-refractivity contribution in [3.05, 3.63) is 0 Å². The van der Waals surface area contributed by atoms with Gasteiger partial charge >= 0.3 is 0 Å². The van der Waals surface area contributed by atoms with Crippen LogP contribution in [0.3, 0.4) is 0 Å². The lowest BCUT2D eigenvalue weighted by Crippen LogP contribution is -2.73. The molecule has 0 aromatic rings. The van der Waals surface area contributed by atoms with Crippen LogP contribution in [0, 0.1) is 5.41 Å². The largest absolute Gasteiger partial charge is 0.358 e. The van der Waals surface area contributed by atoms with Gasteiger partial charge in [0.2, 0.25) is 0 Å². The third-order valence-corrected chi connectivity index (χ3v) is 3.86. The van der Waals surface area contributed by atoms with E-state index in [0.29, 0.717) is 5.41 Å². The Morgan fingerprint density at radius 2 is 1.89 bits per heavy atom. The minimum absolute atomic E-state index is 0.122. The van der Waals surface area contributed by atoms with E-state index in [-0.39, 0.29) is 23.7 Å². The maximum Gasteiger partial charge on any atom is 0.251 e. The zero-order valence-corrected chi connectivity index (χ0v) is 13.2. The topological polar surface area (TPSA) is 32.8 Å². The van der Waals surface area contributed by atoms with Crippen molar-refractivity contribution in [2.45, 2.75) is 59.3 Å². The summed E-state index contributed by atoms with van der Waals surface area (Å²) in [5.41, 5.74) is 0.193. The minimum atomic E-state index is -0.298. The second kappa shape index (κ2) is 4.74. The van der Waals surface area contributed by atoms with Crippen molar-refractivity contribution >= 4 is 5.91 Å². The van der Waals surface area contributed by atoms with Gasteiger partial charge in [0.25, 0.3) is 5.91 Å². The first-order valence-electron chi connectivity index (χ1n) is 7.33. The molecule has 0 aromatic heterocycles. The second-order valence-corrected chi connectivity index (χ2v) is 7.71. The van der Waals surface area contributed by atoms with Gasteiger partial charge in [-0.05, 0) is 26.2 Å². The summed E-state index contributed by atoms with van der Waals surface area (Å²) >= 11 is 0. The molecule has 1 spiro atoms. The Hall–Kier alpha value is -0.610. The lowest BCUT2D eigenvalue weighted by molar-refractivity contribution is -0.219. The first-order chi connectivity index (χ1) is 8.62. The van der Waals surface area contributed by atoms with Crippen LogP contribution in [-0.2, 0) is 9.53 Å². The van der Waals surface area contributed by atoms with Gasteiger partial charge in [0.05, 0.1) is 6.54 Å². The molecule has 2 saturated heterocycles. The summed E-state index contributed by atoms with van der Waals surface area (Å²) in [6, 6.07) is 0.257. The lowest BCUT2D eigenvalue weighted by Gasteiger charge is -2.56. The third kappa shape index (κ3) is 3.11. The van der Waals surface area contributed by atoms with Gasteiger partial charge in [0, 0.05) is 25.7 Å². The highest BCUT2D eigenvalue weighted by Gasteiger charge is 2.52. The van der Waals surface area contributed by atoms with E-state index < -0.39 is 0 Å². The fourth-order valence-corrected chi connectivity index (χ4v) is 3.25. The number of morpholine rings is 1. The van der Waals surface area contributed by atoms with E-state index >= 15 is 0 Å². The van der Waals surface area contributed by atoms with E-state index in [0.717, 1.165) is 26.2 Å². The van der Waals surface area contributed by atoms with Gasteiger partial charge in [-0.15, -0.1) is 0 Å². The molecule has 2 heterocycles. The summed E-state index contributed by atoms with van der Waals surface area (Å²) in [6.07, 6.45) is -0.298. The maximum absolute atomic E-state index is 12.1. The van der Waals surface area contributed by atoms with Gasteiger partial charge in [0.15, 0.2) is 0 Å². The number of ether oxygens (including phenoxy) is 1. The van der Waals surface area contributed by atoms with Crippen molar-refractivity contribution in [1.29, 1.82) is 0 Å². The van der Waals surface area contributed by atoms with E-state index in [4.69, 9.17) is 4.74 Å². The van der Waals surface area contributed by atoms with Crippen molar-refractivity contribution in [3.8, 4) is 0 Å². The molecule has 1 atom stereocenters. The fraction of sp³-hybridized carbons (Fsp3) is 0.933. The van der Waals surface area contributed by atoms with Gasteiger partial charge in [-0.25, -0.2) is 0 Å². The highest BCUT2D eigenvalue weighted by Crippen LogP contribution is 2.34. The molecule has 0 saturated carbocycles. The number of carbonyl (C=O) groups excluding carboxylic acids is 1. The minimum Gasteiger partial charge on any atom is -0.358 e. The molecule has 2 aliphatic rings. The Kier molecular flexibility index (Phi) is 3.69. The van der Waals surface area contributed by atoms with Gasteiger partial charge < -0.3 is 9.64 Å². The monoisotopic (exact) mass is 268 g/mol. The third-order valence-electron chi connectivity index (χ3n) is 3.86.